The van der Waals surface area contributed by atoms with Crippen molar-refractivity contribution in [2.75, 3.05) is 6.54 Å². The fourth-order valence-corrected chi connectivity index (χ4v) is 3.80. The number of carbonyl (C=O) groups is 1. The van der Waals surface area contributed by atoms with Crippen LogP contribution in [0.25, 0.3) is 0 Å². The number of carbonyl (C=O) groups excluding carboxylic acids is 1. The van der Waals surface area contributed by atoms with Crippen LogP contribution in [-0.2, 0) is 0 Å². The lowest BCUT2D eigenvalue weighted by Crippen LogP contribution is -2.40. The molecule has 3 nitrogen and oxygen atoms in total. The van der Waals surface area contributed by atoms with Gasteiger partial charge in [0.15, 0.2) is 0 Å². The molecule has 0 radical (unpaired) electrons. The molecular weight excluding hydrogens is 292 g/mol. The molecule has 1 heterocycles. The number of alkyl halides is 2. The summed E-state index contributed by atoms with van der Waals surface area (Å²) in [6, 6.07) is 1.51. The fourth-order valence-electron chi connectivity index (χ4n) is 2.19. The molecule has 1 amide bonds. The Morgan fingerprint density at radius 3 is 2.84 bits per heavy atom. The number of aliphatic hydroxyl groups is 1. The van der Waals surface area contributed by atoms with Gasteiger partial charge in [0, 0.05) is 11.4 Å². The predicted octanol–water partition coefficient (Wildman–Crippen LogP) is 3.10. The zero-order chi connectivity index (χ0) is 13.9. The van der Waals surface area contributed by atoms with Gasteiger partial charge in [0.25, 0.3) is 11.7 Å². The Morgan fingerprint density at radius 1 is 1.53 bits per heavy atom. The zero-order valence-corrected chi connectivity index (χ0v) is 11.8. The Bertz CT molecular complexity index is 445. The molecule has 7 heteroatoms. The van der Waals surface area contributed by atoms with Gasteiger partial charge in [0.05, 0.1) is 5.60 Å². The minimum Gasteiger partial charge on any atom is -0.388 e. The van der Waals surface area contributed by atoms with Gasteiger partial charge in [-0.25, -0.2) is 0 Å². The maximum Gasteiger partial charge on any atom is 0.288 e. The van der Waals surface area contributed by atoms with Gasteiger partial charge >= 0.3 is 0 Å². The van der Waals surface area contributed by atoms with E-state index in [1.165, 1.54) is 6.07 Å². The third-order valence-electron chi connectivity index (χ3n) is 3.16. The maximum absolute atomic E-state index is 12.3. The lowest BCUT2D eigenvalue weighted by atomic mass is 10.0. The van der Waals surface area contributed by atoms with Crippen LogP contribution >= 0.6 is 23.1 Å². The van der Waals surface area contributed by atoms with Crippen molar-refractivity contribution >= 4 is 29.0 Å². The molecule has 0 unspecified atom stereocenters. The van der Waals surface area contributed by atoms with Crippen LogP contribution in [0.15, 0.2) is 16.3 Å². The summed E-state index contributed by atoms with van der Waals surface area (Å²) in [4.78, 5) is 12.5. The van der Waals surface area contributed by atoms with Gasteiger partial charge < -0.3 is 10.4 Å². The van der Waals surface area contributed by atoms with Gasteiger partial charge in [-0.15, -0.1) is 11.3 Å². The molecule has 1 aromatic rings. The first-order valence-electron chi connectivity index (χ1n) is 6.03. The van der Waals surface area contributed by atoms with E-state index < -0.39 is 17.3 Å². The van der Waals surface area contributed by atoms with E-state index in [-0.39, 0.29) is 16.3 Å². The molecule has 1 aliphatic carbocycles. The summed E-state index contributed by atoms with van der Waals surface area (Å²) in [5.74, 6) is -2.93. The highest BCUT2D eigenvalue weighted by atomic mass is 32.2. The molecular formula is C12H15F2NO2S2. The molecule has 0 aromatic carbocycles. The van der Waals surface area contributed by atoms with Crippen molar-refractivity contribution in [3.05, 3.63) is 16.3 Å². The SMILES string of the molecule is O=C(NCC1(O)CCCC1)c1sccc1SC(F)F. The van der Waals surface area contributed by atoms with Crippen molar-refractivity contribution in [2.24, 2.45) is 0 Å². The topological polar surface area (TPSA) is 49.3 Å². The molecule has 2 N–H and O–H groups in total. The Kier molecular flexibility index (Phi) is 4.81. The lowest BCUT2D eigenvalue weighted by molar-refractivity contribution is 0.0450. The van der Waals surface area contributed by atoms with Crippen LogP contribution in [0, 0.1) is 0 Å². The Labute approximate surface area is 118 Å². The van der Waals surface area contributed by atoms with Crippen LogP contribution in [-0.4, -0.2) is 28.9 Å². The fraction of sp³-hybridized carbons (Fsp3) is 0.583. The van der Waals surface area contributed by atoms with E-state index in [0.29, 0.717) is 24.6 Å². The van der Waals surface area contributed by atoms with Gasteiger partial charge in [-0.1, -0.05) is 24.6 Å². The first kappa shape index (κ1) is 14.7. The Balaban J connectivity index is 1.94. The summed E-state index contributed by atoms with van der Waals surface area (Å²) in [5, 5.41) is 14.4. The van der Waals surface area contributed by atoms with Gasteiger partial charge in [-0.2, -0.15) is 8.78 Å². The average Bonchev–Trinajstić information content (AvgIpc) is 2.95. The van der Waals surface area contributed by atoms with Crippen LogP contribution in [0.1, 0.15) is 35.4 Å². The van der Waals surface area contributed by atoms with E-state index in [1.54, 1.807) is 5.38 Å². The first-order valence-corrected chi connectivity index (χ1v) is 7.79. The van der Waals surface area contributed by atoms with Crippen LogP contribution < -0.4 is 5.32 Å². The molecule has 0 saturated heterocycles. The van der Waals surface area contributed by atoms with Crippen molar-refractivity contribution in [3.8, 4) is 0 Å². The smallest absolute Gasteiger partial charge is 0.288 e. The largest absolute Gasteiger partial charge is 0.388 e. The minimum atomic E-state index is -2.54. The van der Waals surface area contributed by atoms with Gasteiger partial charge in [-0.05, 0) is 24.3 Å². The molecule has 1 aliphatic rings. The number of nitrogens with one attached hydrogen (secondary N) is 1. The molecule has 106 valence electrons. The minimum absolute atomic E-state index is 0.183. The summed E-state index contributed by atoms with van der Waals surface area (Å²) in [7, 11) is 0. The highest BCUT2D eigenvalue weighted by molar-refractivity contribution is 7.99. The van der Waals surface area contributed by atoms with E-state index in [2.05, 4.69) is 5.32 Å². The summed E-state index contributed by atoms with van der Waals surface area (Å²) in [6.45, 7) is 0.183. The molecule has 19 heavy (non-hydrogen) atoms. The third-order valence-corrected chi connectivity index (χ3v) is 4.98. The second-order valence-corrected chi connectivity index (χ2v) is 6.55. The van der Waals surface area contributed by atoms with Gasteiger partial charge in [0.2, 0.25) is 0 Å². The molecule has 1 aromatic heterocycles. The number of amides is 1. The van der Waals surface area contributed by atoms with Crippen molar-refractivity contribution in [1.29, 1.82) is 0 Å². The first-order chi connectivity index (χ1) is 9.00. The van der Waals surface area contributed by atoms with Crippen molar-refractivity contribution in [1.82, 2.24) is 5.32 Å². The number of halogens is 2. The molecule has 1 saturated carbocycles. The van der Waals surface area contributed by atoms with Gasteiger partial charge in [0.1, 0.15) is 4.88 Å². The monoisotopic (exact) mass is 307 g/mol. The zero-order valence-electron chi connectivity index (χ0n) is 10.2. The normalized spacial score (nSPS) is 17.9. The van der Waals surface area contributed by atoms with Crippen molar-refractivity contribution < 1.29 is 18.7 Å². The predicted molar refractivity (Wildman–Crippen MR) is 71.9 cm³/mol. The van der Waals surface area contributed by atoms with E-state index in [0.717, 1.165) is 24.2 Å². The Hall–Kier alpha value is -0.660. The highest BCUT2D eigenvalue weighted by Crippen LogP contribution is 2.32. The second-order valence-electron chi connectivity index (χ2n) is 4.61. The molecule has 0 bridgehead atoms. The Morgan fingerprint density at radius 2 is 2.21 bits per heavy atom. The van der Waals surface area contributed by atoms with Crippen LogP contribution in [0.5, 0.6) is 0 Å². The number of thioether (sulfide) groups is 1. The number of hydrogen-bond acceptors (Lipinski definition) is 4. The van der Waals surface area contributed by atoms with Crippen LogP contribution in [0.3, 0.4) is 0 Å². The third kappa shape index (κ3) is 3.90. The van der Waals surface area contributed by atoms with Crippen LogP contribution in [0.2, 0.25) is 0 Å². The second kappa shape index (κ2) is 6.19. The maximum atomic E-state index is 12.3. The number of thiophene rings is 1. The van der Waals surface area contributed by atoms with Gasteiger partial charge in [-0.3, -0.25) is 4.79 Å². The quantitative estimate of drug-likeness (QED) is 0.822. The van der Waals surface area contributed by atoms with E-state index in [9.17, 15) is 18.7 Å². The van der Waals surface area contributed by atoms with Crippen LogP contribution in [0.4, 0.5) is 8.78 Å². The summed E-state index contributed by atoms with van der Waals surface area (Å²) in [5.41, 5.74) is -0.830. The van der Waals surface area contributed by atoms with Crippen molar-refractivity contribution in [3.63, 3.8) is 0 Å². The highest BCUT2D eigenvalue weighted by Gasteiger charge is 2.31. The number of hydrogen-bond donors (Lipinski definition) is 2. The molecule has 0 spiro atoms. The lowest BCUT2D eigenvalue weighted by Gasteiger charge is -2.22. The van der Waals surface area contributed by atoms with E-state index in [4.69, 9.17) is 0 Å². The number of rotatable bonds is 5. The van der Waals surface area contributed by atoms with E-state index in [1.807, 2.05) is 0 Å². The summed E-state index contributed by atoms with van der Waals surface area (Å²) >= 11 is 1.50. The summed E-state index contributed by atoms with van der Waals surface area (Å²) < 4.78 is 24.7. The molecule has 2 rings (SSSR count). The summed E-state index contributed by atoms with van der Waals surface area (Å²) in [6.07, 6.45) is 3.27. The molecule has 1 fully saturated rings. The van der Waals surface area contributed by atoms with Crippen molar-refractivity contribution in [2.45, 2.75) is 41.9 Å². The average molecular weight is 307 g/mol. The molecule has 0 atom stereocenters. The standard InChI is InChI=1S/C12H15F2NO2S2/c13-11(14)19-8-3-6-18-9(8)10(16)15-7-12(17)4-1-2-5-12/h3,6,11,17H,1-2,4-5,7H2,(H,15,16). The van der Waals surface area contributed by atoms with E-state index >= 15 is 0 Å². The molecule has 0 aliphatic heterocycles.